The van der Waals surface area contributed by atoms with Crippen molar-refractivity contribution in [2.24, 2.45) is 0 Å². The highest BCUT2D eigenvalue weighted by molar-refractivity contribution is 5.67. The molecule has 0 fully saturated rings. The van der Waals surface area contributed by atoms with E-state index in [0.29, 0.717) is 12.4 Å². The number of fused-ring (bicyclic) bond motifs is 1. The number of aliphatic hydroxyl groups excluding tert-OH is 1. The molecule has 1 aliphatic rings. The van der Waals surface area contributed by atoms with E-state index < -0.39 is 0 Å². The Bertz CT molecular complexity index is 629. The second-order valence-corrected chi connectivity index (χ2v) is 5.31. The van der Waals surface area contributed by atoms with Gasteiger partial charge >= 0.3 is 0 Å². The molecule has 0 saturated heterocycles. The van der Waals surface area contributed by atoms with Crippen LogP contribution in [0.2, 0.25) is 0 Å². The van der Waals surface area contributed by atoms with Crippen molar-refractivity contribution in [1.82, 2.24) is 9.97 Å². The fourth-order valence-corrected chi connectivity index (χ4v) is 2.72. The third-order valence-corrected chi connectivity index (χ3v) is 3.78. The quantitative estimate of drug-likeness (QED) is 0.898. The Morgan fingerprint density at radius 1 is 1.33 bits per heavy atom. The van der Waals surface area contributed by atoms with E-state index in [1.165, 1.54) is 17.7 Å². The first-order valence-electron chi connectivity index (χ1n) is 7.29. The first kappa shape index (κ1) is 13.8. The summed E-state index contributed by atoms with van der Waals surface area (Å²) in [6.45, 7) is 1.68. The SMILES string of the molecule is CN1CCCc2cc(-c3cncc(NCCO)n3)ccc21. The molecule has 21 heavy (non-hydrogen) atoms. The van der Waals surface area contributed by atoms with Crippen molar-refractivity contribution in [2.75, 3.05) is 37.0 Å². The van der Waals surface area contributed by atoms with Crippen LogP contribution in [0.1, 0.15) is 12.0 Å². The van der Waals surface area contributed by atoms with Crippen LogP contribution in [0.25, 0.3) is 11.3 Å². The van der Waals surface area contributed by atoms with E-state index in [0.717, 1.165) is 24.2 Å². The van der Waals surface area contributed by atoms with Crippen molar-refractivity contribution in [2.45, 2.75) is 12.8 Å². The number of aromatic nitrogens is 2. The van der Waals surface area contributed by atoms with E-state index in [-0.39, 0.29) is 6.61 Å². The van der Waals surface area contributed by atoms with Gasteiger partial charge in [-0.05, 0) is 30.5 Å². The lowest BCUT2D eigenvalue weighted by Crippen LogP contribution is -2.24. The average Bonchev–Trinajstić information content (AvgIpc) is 2.53. The lowest BCUT2D eigenvalue weighted by Gasteiger charge is -2.27. The highest BCUT2D eigenvalue weighted by Gasteiger charge is 2.14. The monoisotopic (exact) mass is 284 g/mol. The zero-order valence-corrected chi connectivity index (χ0v) is 12.2. The summed E-state index contributed by atoms with van der Waals surface area (Å²) < 4.78 is 0. The maximum Gasteiger partial charge on any atom is 0.145 e. The topological polar surface area (TPSA) is 61.3 Å². The summed E-state index contributed by atoms with van der Waals surface area (Å²) in [5.41, 5.74) is 4.63. The van der Waals surface area contributed by atoms with Crippen molar-refractivity contribution in [3.8, 4) is 11.3 Å². The summed E-state index contributed by atoms with van der Waals surface area (Å²) in [6, 6.07) is 6.48. The summed E-state index contributed by atoms with van der Waals surface area (Å²) in [5, 5.41) is 11.9. The fraction of sp³-hybridized carbons (Fsp3) is 0.375. The molecular formula is C16H20N4O. The van der Waals surface area contributed by atoms with Crippen molar-refractivity contribution >= 4 is 11.5 Å². The zero-order chi connectivity index (χ0) is 14.7. The van der Waals surface area contributed by atoms with Gasteiger partial charge in [-0.2, -0.15) is 0 Å². The van der Waals surface area contributed by atoms with Gasteiger partial charge in [0.2, 0.25) is 0 Å². The molecule has 0 amide bonds. The molecule has 0 saturated carbocycles. The van der Waals surface area contributed by atoms with E-state index in [2.05, 4.69) is 45.4 Å². The number of rotatable bonds is 4. The average molecular weight is 284 g/mol. The second-order valence-electron chi connectivity index (χ2n) is 5.31. The lowest BCUT2D eigenvalue weighted by atomic mass is 9.98. The van der Waals surface area contributed by atoms with Crippen molar-refractivity contribution in [3.05, 3.63) is 36.2 Å². The number of nitrogens with one attached hydrogen (secondary N) is 1. The minimum atomic E-state index is 0.0804. The predicted octanol–water partition coefficient (Wildman–Crippen LogP) is 1.93. The third kappa shape index (κ3) is 2.97. The Balaban J connectivity index is 1.90. The van der Waals surface area contributed by atoms with Gasteiger partial charge in [-0.25, -0.2) is 4.98 Å². The second kappa shape index (κ2) is 6.10. The molecule has 1 aliphatic heterocycles. The predicted molar refractivity (Wildman–Crippen MR) is 84.6 cm³/mol. The van der Waals surface area contributed by atoms with Gasteiger partial charge in [0.15, 0.2) is 0 Å². The van der Waals surface area contributed by atoms with E-state index in [9.17, 15) is 0 Å². The van der Waals surface area contributed by atoms with Crippen LogP contribution in [0.4, 0.5) is 11.5 Å². The van der Waals surface area contributed by atoms with Crippen molar-refractivity contribution in [1.29, 1.82) is 0 Å². The number of aliphatic hydroxyl groups is 1. The molecule has 5 heteroatoms. The summed E-state index contributed by atoms with van der Waals surface area (Å²) in [6.07, 6.45) is 5.75. The Morgan fingerprint density at radius 3 is 3.10 bits per heavy atom. The molecule has 0 radical (unpaired) electrons. The first-order chi connectivity index (χ1) is 10.3. The zero-order valence-electron chi connectivity index (χ0n) is 12.2. The molecular weight excluding hydrogens is 264 g/mol. The molecule has 0 spiro atoms. The van der Waals surface area contributed by atoms with Gasteiger partial charge in [-0.1, -0.05) is 6.07 Å². The van der Waals surface area contributed by atoms with Gasteiger partial charge in [0.1, 0.15) is 5.82 Å². The number of anilines is 2. The van der Waals surface area contributed by atoms with Crippen molar-refractivity contribution < 1.29 is 5.11 Å². The minimum absolute atomic E-state index is 0.0804. The normalized spacial score (nSPS) is 13.9. The molecule has 2 heterocycles. The first-order valence-corrected chi connectivity index (χ1v) is 7.29. The van der Waals surface area contributed by atoms with Gasteiger partial charge in [0.25, 0.3) is 0 Å². The number of hydrogen-bond donors (Lipinski definition) is 2. The summed E-state index contributed by atoms with van der Waals surface area (Å²) in [5.74, 6) is 0.691. The molecule has 5 nitrogen and oxygen atoms in total. The fourth-order valence-electron chi connectivity index (χ4n) is 2.72. The van der Waals surface area contributed by atoms with E-state index in [1.54, 1.807) is 12.4 Å². The Hall–Kier alpha value is -2.14. The Morgan fingerprint density at radius 2 is 2.24 bits per heavy atom. The summed E-state index contributed by atoms with van der Waals surface area (Å²) in [4.78, 5) is 11.1. The van der Waals surface area contributed by atoms with Crippen LogP contribution in [0.15, 0.2) is 30.6 Å². The molecule has 0 aliphatic carbocycles. The molecule has 1 aromatic carbocycles. The summed E-state index contributed by atoms with van der Waals surface area (Å²) in [7, 11) is 2.14. The van der Waals surface area contributed by atoms with Crippen LogP contribution in [-0.4, -0.2) is 41.8 Å². The molecule has 2 N–H and O–H groups in total. The Labute approximate surface area is 124 Å². The number of aryl methyl sites for hydroxylation is 1. The number of nitrogens with zero attached hydrogens (tertiary/aromatic N) is 3. The van der Waals surface area contributed by atoms with Crippen LogP contribution < -0.4 is 10.2 Å². The smallest absolute Gasteiger partial charge is 0.145 e. The van der Waals surface area contributed by atoms with Gasteiger partial charge in [-0.3, -0.25) is 4.98 Å². The largest absolute Gasteiger partial charge is 0.395 e. The van der Waals surface area contributed by atoms with E-state index in [4.69, 9.17) is 5.11 Å². The van der Waals surface area contributed by atoms with Gasteiger partial charge in [0, 0.05) is 31.4 Å². The van der Waals surface area contributed by atoms with Crippen molar-refractivity contribution in [3.63, 3.8) is 0 Å². The van der Waals surface area contributed by atoms with Crippen LogP contribution >= 0.6 is 0 Å². The summed E-state index contributed by atoms with van der Waals surface area (Å²) >= 11 is 0. The number of benzene rings is 1. The van der Waals surface area contributed by atoms with Gasteiger partial charge < -0.3 is 15.3 Å². The molecule has 0 unspecified atom stereocenters. The minimum Gasteiger partial charge on any atom is -0.395 e. The van der Waals surface area contributed by atoms with Gasteiger partial charge in [-0.15, -0.1) is 0 Å². The van der Waals surface area contributed by atoms with Crippen LogP contribution in [0.5, 0.6) is 0 Å². The third-order valence-electron chi connectivity index (χ3n) is 3.78. The highest BCUT2D eigenvalue weighted by Crippen LogP contribution is 2.30. The maximum atomic E-state index is 8.86. The number of hydrogen-bond acceptors (Lipinski definition) is 5. The molecule has 2 aromatic rings. The molecule has 1 aromatic heterocycles. The van der Waals surface area contributed by atoms with Crippen LogP contribution in [0.3, 0.4) is 0 Å². The van der Waals surface area contributed by atoms with Crippen LogP contribution in [0, 0.1) is 0 Å². The lowest BCUT2D eigenvalue weighted by molar-refractivity contribution is 0.311. The maximum absolute atomic E-state index is 8.86. The molecule has 0 atom stereocenters. The highest BCUT2D eigenvalue weighted by atomic mass is 16.3. The molecule has 0 bridgehead atoms. The molecule has 110 valence electrons. The standard InChI is InChI=1S/C16H20N4O/c1-20-7-2-3-13-9-12(4-5-15(13)20)14-10-17-11-16(19-14)18-6-8-21/h4-5,9-11,21H,2-3,6-8H2,1H3,(H,18,19). The Kier molecular flexibility index (Phi) is 4.01. The van der Waals surface area contributed by atoms with E-state index in [1.807, 2.05) is 0 Å². The van der Waals surface area contributed by atoms with Gasteiger partial charge in [0.05, 0.1) is 24.7 Å². The molecule has 3 rings (SSSR count). The van der Waals surface area contributed by atoms with E-state index >= 15 is 0 Å². The van der Waals surface area contributed by atoms with Crippen LogP contribution in [-0.2, 0) is 6.42 Å².